The molecule has 112 valence electrons. The van der Waals surface area contributed by atoms with Gasteiger partial charge in [-0.1, -0.05) is 0 Å². The molecule has 2 rings (SSSR count). The van der Waals surface area contributed by atoms with Crippen molar-refractivity contribution in [2.75, 3.05) is 6.26 Å². The van der Waals surface area contributed by atoms with E-state index in [1.807, 2.05) is 0 Å². The van der Waals surface area contributed by atoms with E-state index in [1.165, 1.54) is 11.1 Å². The van der Waals surface area contributed by atoms with Gasteiger partial charge >= 0.3 is 0 Å². The number of hydrogen-bond acceptors (Lipinski definition) is 5. The number of thiophene rings is 2. The maximum atomic E-state index is 9.83. The second-order valence-electron chi connectivity index (χ2n) is 4.39. The molecule has 2 N–H and O–H groups in total. The van der Waals surface area contributed by atoms with Crippen LogP contribution in [0.5, 0.6) is 0 Å². The Hall–Kier alpha value is -0.730. The topological polar surface area (TPSA) is 74.6 Å². The molecule has 1 atom stereocenters. The number of hydrogen-bond donors (Lipinski definition) is 2. The second-order valence-corrected chi connectivity index (χ2v) is 7.42. The molecule has 0 saturated heterocycles. The molecule has 0 aliphatic carbocycles. The van der Waals surface area contributed by atoms with E-state index >= 15 is 0 Å². The summed E-state index contributed by atoms with van der Waals surface area (Å²) in [5.74, 6) is 0. The van der Waals surface area contributed by atoms with Crippen molar-refractivity contribution in [3.05, 3.63) is 44.8 Å². The van der Waals surface area contributed by atoms with E-state index in [2.05, 4.69) is 33.7 Å². The van der Waals surface area contributed by atoms with E-state index in [4.69, 9.17) is 4.55 Å². The zero-order valence-corrected chi connectivity index (χ0v) is 13.5. The zero-order valence-electron chi connectivity index (χ0n) is 11.1. The van der Waals surface area contributed by atoms with E-state index in [0.29, 0.717) is 6.26 Å². The Kier molecular flexibility index (Phi) is 7.39. The van der Waals surface area contributed by atoms with Crippen molar-refractivity contribution in [3.8, 4) is 0 Å². The Labute approximate surface area is 127 Å². The highest BCUT2D eigenvalue weighted by atomic mass is 32.2. The van der Waals surface area contributed by atoms with Crippen molar-refractivity contribution >= 4 is 32.8 Å². The van der Waals surface area contributed by atoms with Crippen LogP contribution in [0.15, 0.2) is 33.7 Å². The third kappa shape index (κ3) is 9.22. The summed E-state index contributed by atoms with van der Waals surface area (Å²) in [4.78, 5) is 0. The fourth-order valence-corrected chi connectivity index (χ4v) is 2.94. The van der Waals surface area contributed by atoms with Crippen LogP contribution in [-0.2, 0) is 23.0 Å². The van der Waals surface area contributed by atoms with Crippen LogP contribution in [0.25, 0.3) is 0 Å². The summed E-state index contributed by atoms with van der Waals surface area (Å²) in [5, 5.41) is 18.2. The van der Waals surface area contributed by atoms with E-state index in [9.17, 15) is 13.5 Å². The van der Waals surface area contributed by atoms with Gasteiger partial charge in [0.1, 0.15) is 0 Å². The molecule has 0 aliphatic heterocycles. The Morgan fingerprint density at radius 1 is 1.15 bits per heavy atom. The number of aliphatic hydroxyl groups excluding tert-OH is 1. The SMILES string of the molecule is CS(=O)(=O)O.OC(CCc1ccsc1)Cc1ccsc1. The normalized spacial score (nSPS) is 12.6. The zero-order chi connectivity index (χ0) is 15.0. The second kappa shape index (κ2) is 8.53. The van der Waals surface area contributed by atoms with Crippen molar-refractivity contribution in [3.63, 3.8) is 0 Å². The minimum absolute atomic E-state index is 0.209. The van der Waals surface area contributed by atoms with Gasteiger partial charge in [-0.2, -0.15) is 31.1 Å². The summed E-state index contributed by atoms with van der Waals surface area (Å²) in [6.07, 6.45) is 3.13. The summed E-state index contributed by atoms with van der Waals surface area (Å²) >= 11 is 3.40. The first-order valence-corrected chi connectivity index (χ1v) is 9.70. The quantitative estimate of drug-likeness (QED) is 0.825. The molecule has 2 aromatic heterocycles. The predicted octanol–water partition coefficient (Wildman–Crippen LogP) is 2.85. The van der Waals surface area contributed by atoms with E-state index in [0.717, 1.165) is 19.3 Å². The number of aryl methyl sites for hydroxylation is 1. The average molecular weight is 334 g/mol. The average Bonchev–Trinajstić information content (AvgIpc) is 2.96. The van der Waals surface area contributed by atoms with E-state index < -0.39 is 10.1 Å². The lowest BCUT2D eigenvalue weighted by molar-refractivity contribution is 0.165. The van der Waals surface area contributed by atoms with Gasteiger partial charge in [-0.25, -0.2) is 0 Å². The standard InChI is InChI=1S/C12H14OS2.CH4O3S/c13-12(7-11-4-6-15-9-11)2-1-10-3-5-14-8-10;1-5(2,3)4/h3-6,8-9,12-13H,1-2,7H2;1H3,(H,2,3,4). The summed E-state index contributed by atoms with van der Waals surface area (Å²) in [6, 6.07) is 4.21. The summed E-state index contributed by atoms with van der Waals surface area (Å²) in [7, 11) is -3.67. The van der Waals surface area contributed by atoms with Crippen molar-refractivity contribution in [1.29, 1.82) is 0 Å². The van der Waals surface area contributed by atoms with Crippen LogP contribution in [0, 0.1) is 0 Å². The van der Waals surface area contributed by atoms with Crippen LogP contribution in [0.1, 0.15) is 17.5 Å². The molecule has 2 aromatic rings. The largest absolute Gasteiger partial charge is 0.393 e. The fraction of sp³-hybridized carbons (Fsp3) is 0.385. The highest BCUT2D eigenvalue weighted by Crippen LogP contribution is 2.13. The Bertz CT molecular complexity index is 551. The fourth-order valence-electron chi connectivity index (χ4n) is 1.55. The highest BCUT2D eigenvalue weighted by Gasteiger charge is 2.06. The van der Waals surface area contributed by atoms with Crippen molar-refractivity contribution in [2.24, 2.45) is 0 Å². The van der Waals surface area contributed by atoms with Crippen LogP contribution >= 0.6 is 22.7 Å². The predicted molar refractivity (Wildman–Crippen MR) is 84.1 cm³/mol. The molecule has 0 radical (unpaired) electrons. The first-order chi connectivity index (χ1) is 9.34. The molecule has 0 aliphatic rings. The summed E-state index contributed by atoms with van der Waals surface area (Å²) in [5.41, 5.74) is 2.59. The molecule has 0 aromatic carbocycles. The van der Waals surface area contributed by atoms with Gasteiger partial charge in [-0.05, 0) is 64.0 Å². The minimum Gasteiger partial charge on any atom is -0.393 e. The molecule has 0 bridgehead atoms. The Morgan fingerprint density at radius 3 is 2.10 bits per heavy atom. The maximum Gasteiger partial charge on any atom is 0.261 e. The van der Waals surface area contributed by atoms with Gasteiger partial charge in [-0.15, -0.1) is 0 Å². The minimum atomic E-state index is -3.67. The lowest BCUT2D eigenvalue weighted by atomic mass is 10.0. The molecule has 0 fully saturated rings. The highest BCUT2D eigenvalue weighted by molar-refractivity contribution is 7.85. The number of rotatable bonds is 5. The Morgan fingerprint density at radius 2 is 1.65 bits per heavy atom. The smallest absolute Gasteiger partial charge is 0.261 e. The molecule has 0 amide bonds. The molecule has 20 heavy (non-hydrogen) atoms. The molecular weight excluding hydrogens is 316 g/mol. The first-order valence-electron chi connectivity index (χ1n) is 5.97. The Balaban J connectivity index is 0.000000347. The third-order valence-corrected chi connectivity index (χ3v) is 3.86. The van der Waals surface area contributed by atoms with Gasteiger partial charge in [0, 0.05) is 0 Å². The van der Waals surface area contributed by atoms with Crippen LogP contribution in [0.2, 0.25) is 0 Å². The monoisotopic (exact) mass is 334 g/mol. The van der Waals surface area contributed by atoms with Gasteiger partial charge in [0.25, 0.3) is 10.1 Å². The van der Waals surface area contributed by atoms with Crippen LogP contribution in [0.3, 0.4) is 0 Å². The first kappa shape index (κ1) is 17.3. The molecule has 0 saturated carbocycles. The van der Waals surface area contributed by atoms with E-state index in [-0.39, 0.29) is 6.10 Å². The van der Waals surface area contributed by atoms with Gasteiger partial charge in [0.2, 0.25) is 0 Å². The number of aliphatic hydroxyl groups is 1. The van der Waals surface area contributed by atoms with Crippen LogP contribution < -0.4 is 0 Å². The van der Waals surface area contributed by atoms with Gasteiger partial charge < -0.3 is 5.11 Å². The molecule has 7 heteroatoms. The third-order valence-electron chi connectivity index (χ3n) is 2.40. The van der Waals surface area contributed by atoms with Crippen molar-refractivity contribution < 1.29 is 18.1 Å². The molecule has 0 spiro atoms. The molecular formula is C13H18O4S3. The summed E-state index contributed by atoms with van der Waals surface area (Å²) < 4.78 is 25.9. The lowest BCUT2D eigenvalue weighted by Gasteiger charge is -2.08. The van der Waals surface area contributed by atoms with Crippen molar-refractivity contribution in [2.45, 2.75) is 25.4 Å². The summed E-state index contributed by atoms with van der Waals surface area (Å²) in [6.45, 7) is 0. The molecule has 2 heterocycles. The maximum absolute atomic E-state index is 9.83. The molecule has 4 nitrogen and oxygen atoms in total. The van der Waals surface area contributed by atoms with Crippen LogP contribution in [0.4, 0.5) is 0 Å². The lowest BCUT2D eigenvalue weighted by Crippen LogP contribution is -2.10. The van der Waals surface area contributed by atoms with E-state index in [1.54, 1.807) is 22.7 Å². The van der Waals surface area contributed by atoms with Crippen LogP contribution in [-0.4, -0.2) is 30.4 Å². The van der Waals surface area contributed by atoms with Gasteiger partial charge in [0.15, 0.2) is 0 Å². The molecule has 1 unspecified atom stereocenters. The van der Waals surface area contributed by atoms with Crippen molar-refractivity contribution in [1.82, 2.24) is 0 Å². The van der Waals surface area contributed by atoms with Gasteiger partial charge in [-0.3, -0.25) is 4.55 Å². The van der Waals surface area contributed by atoms with Gasteiger partial charge in [0.05, 0.1) is 12.4 Å².